The molecule has 0 aliphatic carbocycles. The van der Waals surface area contributed by atoms with Crippen LogP contribution in [0.3, 0.4) is 0 Å². The first-order valence-corrected chi connectivity index (χ1v) is 8.39. The second kappa shape index (κ2) is 7.23. The maximum Gasteiger partial charge on any atom is 0.261 e. The van der Waals surface area contributed by atoms with E-state index in [1.165, 1.54) is 0 Å². The van der Waals surface area contributed by atoms with Crippen LogP contribution in [0.15, 0.2) is 29.3 Å². The van der Waals surface area contributed by atoms with E-state index in [0.717, 1.165) is 43.4 Å². The van der Waals surface area contributed by atoms with Gasteiger partial charge in [-0.15, -0.1) is 0 Å². The van der Waals surface area contributed by atoms with Crippen molar-refractivity contribution >= 4 is 10.9 Å². The summed E-state index contributed by atoms with van der Waals surface area (Å²) in [6.45, 7) is 5.57. The zero-order chi connectivity index (χ0) is 16.2. The summed E-state index contributed by atoms with van der Waals surface area (Å²) in [5, 5.41) is 0.698. The van der Waals surface area contributed by atoms with Crippen molar-refractivity contribution in [1.82, 2.24) is 14.5 Å². The Kier molecular flexibility index (Phi) is 5.08. The van der Waals surface area contributed by atoms with Crippen LogP contribution in [0, 0.1) is 6.92 Å². The summed E-state index contributed by atoms with van der Waals surface area (Å²) < 4.78 is 7.63. The van der Waals surface area contributed by atoms with E-state index >= 15 is 0 Å². The van der Waals surface area contributed by atoms with Gasteiger partial charge in [0.2, 0.25) is 0 Å². The number of fused-ring (bicyclic) bond motifs is 1. The Bertz CT molecular complexity index is 718. The normalized spacial score (nSPS) is 17.0. The molecule has 0 radical (unpaired) electrons. The maximum atomic E-state index is 12.5. The molecule has 0 atom stereocenters. The Morgan fingerprint density at radius 2 is 2.09 bits per heavy atom. The molecule has 23 heavy (non-hydrogen) atoms. The van der Waals surface area contributed by atoms with Crippen LogP contribution in [0.5, 0.6) is 0 Å². The second-order valence-corrected chi connectivity index (χ2v) is 6.49. The largest absolute Gasteiger partial charge is 0.378 e. The predicted octanol–water partition coefficient (Wildman–Crippen LogP) is 2.21. The molecule has 0 spiro atoms. The van der Waals surface area contributed by atoms with Crippen molar-refractivity contribution in [3.63, 3.8) is 0 Å². The van der Waals surface area contributed by atoms with E-state index < -0.39 is 0 Å². The summed E-state index contributed by atoms with van der Waals surface area (Å²) in [6, 6.07) is 5.80. The summed E-state index contributed by atoms with van der Waals surface area (Å²) in [7, 11) is 2.15. The number of nitrogens with zero attached hydrogens (tertiary/aromatic N) is 3. The van der Waals surface area contributed by atoms with Gasteiger partial charge in [-0.25, -0.2) is 4.98 Å². The Morgan fingerprint density at radius 3 is 2.87 bits per heavy atom. The topological polar surface area (TPSA) is 47.4 Å². The van der Waals surface area contributed by atoms with Crippen molar-refractivity contribution < 1.29 is 4.74 Å². The molecule has 5 heteroatoms. The van der Waals surface area contributed by atoms with Gasteiger partial charge in [-0.1, -0.05) is 11.6 Å². The lowest BCUT2D eigenvalue weighted by Gasteiger charge is -2.28. The SMILES string of the molecule is Cc1ccc2ncn(CCCOC3CCN(C)CC3)c(=O)c2c1. The van der Waals surface area contributed by atoms with Crippen LogP contribution in [0.25, 0.3) is 10.9 Å². The number of rotatable bonds is 5. The summed E-state index contributed by atoms with van der Waals surface area (Å²) in [5.74, 6) is 0. The van der Waals surface area contributed by atoms with Crippen LogP contribution in [-0.4, -0.2) is 47.3 Å². The summed E-state index contributed by atoms with van der Waals surface area (Å²) in [4.78, 5) is 19.2. The first-order chi connectivity index (χ1) is 11.1. The molecule has 0 unspecified atom stereocenters. The van der Waals surface area contributed by atoms with Gasteiger partial charge in [0.05, 0.1) is 23.3 Å². The molecule has 0 saturated carbocycles. The van der Waals surface area contributed by atoms with Gasteiger partial charge in [-0.2, -0.15) is 0 Å². The number of aryl methyl sites for hydroxylation is 2. The quantitative estimate of drug-likeness (QED) is 0.794. The third-order valence-electron chi connectivity index (χ3n) is 4.54. The van der Waals surface area contributed by atoms with E-state index in [4.69, 9.17) is 4.74 Å². The van der Waals surface area contributed by atoms with Crippen molar-refractivity contribution in [2.45, 2.75) is 38.8 Å². The van der Waals surface area contributed by atoms with Gasteiger partial charge in [0.1, 0.15) is 0 Å². The molecular weight excluding hydrogens is 290 g/mol. The second-order valence-electron chi connectivity index (χ2n) is 6.49. The number of aromatic nitrogens is 2. The smallest absolute Gasteiger partial charge is 0.261 e. The molecule has 0 N–H and O–H groups in total. The van der Waals surface area contributed by atoms with E-state index in [1.54, 1.807) is 10.9 Å². The number of hydrogen-bond acceptors (Lipinski definition) is 4. The van der Waals surface area contributed by atoms with Crippen molar-refractivity contribution in [3.8, 4) is 0 Å². The predicted molar refractivity (Wildman–Crippen MR) is 91.8 cm³/mol. The Balaban J connectivity index is 1.55. The number of likely N-dealkylation sites (tertiary alicyclic amines) is 1. The fourth-order valence-corrected chi connectivity index (χ4v) is 3.07. The average Bonchev–Trinajstić information content (AvgIpc) is 2.55. The Labute approximate surface area is 136 Å². The minimum Gasteiger partial charge on any atom is -0.378 e. The lowest BCUT2D eigenvalue weighted by atomic mass is 10.1. The monoisotopic (exact) mass is 315 g/mol. The van der Waals surface area contributed by atoms with Crippen molar-refractivity contribution in [3.05, 3.63) is 40.4 Å². The molecule has 3 rings (SSSR count). The molecule has 2 heterocycles. The highest BCUT2D eigenvalue weighted by Gasteiger charge is 2.16. The van der Waals surface area contributed by atoms with Gasteiger partial charge in [-0.3, -0.25) is 9.36 Å². The molecule has 5 nitrogen and oxygen atoms in total. The van der Waals surface area contributed by atoms with Crippen molar-refractivity contribution in [2.75, 3.05) is 26.7 Å². The van der Waals surface area contributed by atoms with Crippen molar-refractivity contribution in [2.24, 2.45) is 0 Å². The zero-order valence-electron chi connectivity index (χ0n) is 14.0. The molecule has 0 bridgehead atoms. The number of hydrogen-bond donors (Lipinski definition) is 0. The minimum atomic E-state index is 0.0398. The molecule has 2 aromatic rings. The highest BCUT2D eigenvalue weighted by atomic mass is 16.5. The zero-order valence-corrected chi connectivity index (χ0v) is 14.0. The lowest BCUT2D eigenvalue weighted by molar-refractivity contribution is 0.0102. The summed E-state index contributed by atoms with van der Waals surface area (Å²) >= 11 is 0. The van der Waals surface area contributed by atoms with Gasteiger partial charge in [0.15, 0.2) is 0 Å². The molecule has 0 amide bonds. The van der Waals surface area contributed by atoms with E-state index in [9.17, 15) is 4.79 Å². The van der Waals surface area contributed by atoms with E-state index in [0.29, 0.717) is 24.6 Å². The molecule has 1 saturated heterocycles. The summed E-state index contributed by atoms with van der Waals surface area (Å²) in [5.41, 5.74) is 1.89. The maximum absolute atomic E-state index is 12.5. The fourth-order valence-electron chi connectivity index (χ4n) is 3.07. The van der Waals surface area contributed by atoms with Gasteiger partial charge >= 0.3 is 0 Å². The number of benzene rings is 1. The number of ether oxygens (including phenoxy) is 1. The van der Waals surface area contributed by atoms with Gasteiger partial charge < -0.3 is 9.64 Å². The van der Waals surface area contributed by atoms with Gasteiger partial charge in [0.25, 0.3) is 5.56 Å². The molecular formula is C18H25N3O2. The minimum absolute atomic E-state index is 0.0398. The standard InChI is InChI=1S/C18H25N3O2/c1-14-4-5-17-16(12-14)18(22)21(13-19-17)8-3-11-23-15-6-9-20(2)10-7-15/h4-5,12-13,15H,3,6-11H2,1-2H3. The molecule has 1 aliphatic heterocycles. The number of piperidine rings is 1. The first-order valence-electron chi connectivity index (χ1n) is 8.39. The van der Waals surface area contributed by atoms with Crippen LogP contribution in [0.4, 0.5) is 0 Å². The van der Waals surface area contributed by atoms with Crippen LogP contribution in [0.1, 0.15) is 24.8 Å². The van der Waals surface area contributed by atoms with Crippen LogP contribution >= 0.6 is 0 Å². The van der Waals surface area contributed by atoms with Crippen LogP contribution in [-0.2, 0) is 11.3 Å². The van der Waals surface area contributed by atoms with Gasteiger partial charge in [0, 0.05) is 26.2 Å². The third kappa shape index (κ3) is 3.98. The van der Waals surface area contributed by atoms with Crippen LogP contribution < -0.4 is 5.56 Å². The van der Waals surface area contributed by atoms with Gasteiger partial charge in [-0.05, 0) is 45.4 Å². The van der Waals surface area contributed by atoms with E-state index in [2.05, 4.69) is 16.9 Å². The molecule has 1 aliphatic rings. The first kappa shape index (κ1) is 16.1. The lowest BCUT2D eigenvalue weighted by Crippen LogP contribution is -2.34. The van der Waals surface area contributed by atoms with E-state index in [1.807, 2.05) is 25.1 Å². The highest BCUT2D eigenvalue weighted by molar-refractivity contribution is 5.77. The van der Waals surface area contributed by atoms with Crippen LogP contribution in [0.2, 0.25) is 0 Å². The third-order valence-corrected chi connectivity index (χ3v) is 4.54. The highest BCUT2D eigenvalue weighted by Crippen LogP contribution is 2.12. The van der Waals surface area contributed by atoms with E-state index in [-0.39, 0.29) is 5.56 Å². The molecule has 124 valence electrons. The summed E-state index contributed by atoms with van der Waals surface area (Å²) in [6.07, 6.45) is 5.07. The Hall–Kier alpha value is -1.72. The molecule has 1 aromatic carbocycles. The van der Waals surface area contributed by atoms with Crippen molar-refractivity contribution in [1.29, 1.82) is 0 Å². The Morgan fingerprint density at radius 1 is 1.30 bits per heavy atom. The molecule has 1 aromatic heterocycles. The fraction of sp³-hybridized carbons (Fsp3) is 0.556. The average molecular weight is 315 g/mol. The molecule has 1 fully saturated rings.